The molecule has 0 saturated heterocycles. The minimum atomic E-state index is -3.82. The fourth-order valence-corrected chi connectivity index (χ4v) is 3.95. The summed E-state index contributed by atoms with van der Waals surface area (Å²) in [6, 6.07) is 13.2. The molecular formula is C18H17NO4S. The number of para-hydroxylation sites is 1. The average Bonchev–Trinajstić information content (AvgIpc) is 2.72. The first-order valence-corrected chi connectivity index (χ1v) is 8.93. The molecule has 0 atom stereocenters. The molecule has 1 heterocycles. The van der Waals surface area contributed by atoms with E-state index in [0.29, 0.717) is 11.4 Å². The third-order valence-electron chi connectivity index (χ3n) is 3.85. The van der Waals surface area contributed by atoms with Crippen molar-refractivity contribution in [2.45, 2.75) is 18.7 Å². The van der Waals surface area contributed by atoms with Crippen molar-refractivity contribution in [3.05, 3.63) is 71.5 Å². The van der Waals surface area contributed by atoms with E-state index < -0.39 is 16.0 Å². The van der Waals surface area contributed by atoms with Gasteiger partial charge < -0.3 is 4.74 Å². The van der Waals surface area contributed by atoms with Crippen molar-refractivity contribution in [2.75, 3.05) is 10.8 Å². The van der Waals surface area contributed by atoms with Gasteiger partial charge in [0.25, 0.3) is 10.0 Å². The van der Waals surface area contributed by atoms with Gasteiger partial charge in [-0.3, -0.25) is 4.31 Å². The minimum Gasteiger partial charge on any atom is -0.426 e. The number of hydrogen-bond acceptors (Lipinski definition) is 4. The second-order valence-electron chi connectivity index (χ2n) is 5.49. The molecule has 2 aromatic rings. The molecule has 0 bridgehead atoms. The quantitative estimate of drug-likeness (QED) is 0.785. The van der Waals surface area contributed by atoms with Gasteiger partial charge in [-0.15, -0.1) is 0 Å². The van der Waals surface area contributed by atoms with Crippen molar-refractivity contribution in [2.24, 2.45) is 0 Å². The Morgan fingerprint density at radius 3 is 2.42 bits per heavy atom. The zero-order valence-electron chi connectivity index (χ0n) is 13.4. The van der Waals surface area contributed by atoms with Crippen molar-refractivity contribution in [3.8, 4) is 0 Å². The first kappa shape index (κ1) is 16.3. The highest BCUT2D eigenvalue weighted by atomic mass is 32.2. The molecule has 0 unspecified atom stereocenters. The number of fused-ring (bicyclic) bond motifs is 1. The lowest BCUT2D eigenvalue weighted by atomic mass is 10.2. The Bertz CT molecular complexity index is 914. The van der Waals surface area contributed by atoms with E-state index in [-0.39, 0.29) is 17.0 Å². The lowest BCUT2D eigenvalue weighted by molar-refractivity contribution is 0.0628. The lowest BCUT2D eigenvalue weighted by Crippen LogP contribution is -2.32. The van der Waals surface area contributed by atoms with E-state index in [1.807, 2.05) is 6.92 Å². The lowest BCUT2D eigenvalue weighted by Gasteiger charge is -2.23. The van der Waals surface area contributed by atoms with Crippen LogP contribution in [0.5, 0.6) is 0 Å². The molecule has 0 aliphatic carbocycles. The highest BCUT2D eigenvalue weighted by molar-refractivity contribution is 7.92. The Morgan fingerprint density at radius 2 is 1.75 bits per heavy atom. The average molecular weight is 343 g/mol. The Kier molecular flexibility index (Phi) is 4.15. The topological polar surface area (TPSA) is 63.7 Å². The van der Waals surface area contributed by atoms with Crippen LogP contribution in [0.25, 0.3) is 0 Å². The van der Waals surface area contributed by atoms with Crippen molar-refractivity contribution in [3.63, 3.8) is 0 Å². The SMILES string of the molecule is C/C=C1/CN(S(=O)(=O)c2ccc(C)cc2)c2ccccc2C(=O)O1. The summed E-state index contributed by atoms with van der Waals surface area (Å²) in [5.41, 5.74) is 1.52. The number of hydrogen-bond donors (Lipinski definition) is 0. The zero-order valence-corrected chi connectivity index (χ0v) is 14.2. The Labute approximate surface area is 141 Å². The predicted molar refractivity (Wildman–Crippen MR) is 91.3 cm³/mol. The maximum absolute atomic E-state index is 13.1. The number of sulfonamides is 1. The molecule has 24 heavy (non-hydrogen) atoms. The molecular weight excluding hydrogens is 326 g/mol. The van der Waals surface area contributed by atoms with Gasteiger partial charge in [0.05, 0.1) is 22.7 Å². The van der Waals surface area contributed by atoms with Crippen LogP contribution in [0, 0.1) is 6.92 Å². The van der Waals surface area contributed by atoms with E-state index >= 15 is 0 Å². The van der Waals surface area contributed by atoms with Gasteiger partial charge in [0.1, 0.15) is 5.76 Å². The van der Waals surface area contributed by atoms with Crippen LogP contribution in [-0.4, -0.2) is 20.9 Å². The molecule has 6 heteroatoms. The molecule has 1 aliphatic heterocycles. The number of carbonyl (C=O) groups is 1. The van der Waals surface area contributed by atoms with Crippen molar-refractivity contribution >= 4 is 21.7 Å². The number of allylic oxidation sites excluding steroid dienone is 1. The molecule has 0 fully saturated rings. The fourth-order valence-electron chi connectivity index (χ4n) is 2.50. The third kappa shape index (κ3) is 2.80. The van der Waals surface area contributed by atoms with Crippen molar-refractivity contribution in [1.82, 2.24) is 0 Å². The van der Waals surface area contributed by atoms with Crippen LogP contribution in [0.4, 0.5) is 5.69 Å². The standard InChI is InChI=1S/C18H17NO4S/c1-3-14-12-19(17-7-5-4-6-16(17)18(20)23-14)24(21,22)15-10-8-13(2)9-11-15/h3-11H,12H2,1-2H3/b14-3-. The monoisotopic (exact) mass is 343 g/mol. The second-order valence-corrected chi connectivity index (χ2v) is 7.35. The summed E-state index contributed by atoms with van der Waals surface area (Å²) >= 11 is 0. The third-order valence-corrected chi connectivity index (χ3v) is 5.62. The number of carbonyl (C=O) groups excluding carboxylic acids is 1. The molecule has 3 rings (SSSR count). The molecule has 2 aromatic carbocycles. The second kappa shape index (κ2) is 6.13. The summed E-state index contributed by atoms with van der Waals surface area (Å²) < 4.78 is 32.7. The minimum absolute atomic E-state index is 0.0323. The van der Waals surface area contributed by atoms with E-state index in [4.69, 9.17) is 4.74 Å². The number of cyclic esters (lactones) is 1. The van der Waals surface area contributed by atoms with Crippen molar-refractivity contribution < 1.29 is 17.9 Å². The number of nitrogens with zero attached hydrogens (tertiary/aromatic N) is 1. The Morgan fingerprint density at radius 1 is 1.08 bits per heavy atom. The van der Waals surface area contributed by atoms with Gasteiger partial charge in [-0.1, -0.05) is 29.8 Å². The largest absolute Gasteiger partial charge is 0.426 e. The van der Waals surface area contributed by atoms with Crippen LogP contribution in [0.1, 0.15) is 22.8 Å². The van der Waals surface area contributed by atoms with Gasteiger partial charge in [0, 0.05) is 0 Å². The van der Waals surface area contributed by atoms with Gasteiger partial charge in [-0.25, -0.2) is 13.2 Å². The molecule has 0 radical (unpaired) electrons. The van der Waals surface area contributed by atoms with Crippen molar-refractivity contribution in [1.29, 1.82) is 0 Å². The van der Waals surface area contributed by atoms with E-state index in [1.165, 1.54) is 4.31 Å². The number of esters is 1. The van der Waals surface area contributed by atoms with Gasteiger partial charge in [-0.2, -0.15) is 0 Å². The van der Waals surface area contributed by atoms with Crippen LogP contribution < -0.4 is 4.31 Å². The molecule has 5 nitrogen and oxygen atoms in total. The van der Waals surface area contributed by atoms with Crippen LogP contribution in [-0.2, 0) is 14.8 Å². The van der Waals surface area contributed by atoms with Gasteiger partial charge in [-0.05, 0) is 44.2 Å². The van der Waals surface area contributed by atoms with Crippen LogP contribution >= 0.6 is 0 Å². The molecule has 124 valence electrons. The molecule has 0 amide bonds. The smallest absolute Gasteiger partial charge is 0.345 e. The normalized spacial score (nSPS) is 16.5. The van der Waals surface area contributed by atoms with Gasteiger partial charge in [0.2, 0.25) is 0 Å². The zero-order chi connectivity index (χ0) is 17.3. The first-order chi connectivity index (χ1) is 11.4. The van der Waals surface area contributed by atoms with Crippen LogP contribution in [0.15, 0.2) is 65.3 Å². The predicted octanol–water partition coefficient (Wildman–Crippen LogP) is 3.26. The summed E-state index contributed by atoms with van der Waals surface area (Å²) in [6.07, 6.45) is 1.60. The number of anilines is 1. The van der Waals surface area contributed by atoms with E-state index in [0.717, 1.165) is 5.56 Å². The maximum atomic E-state index is 13.1. The summed E-state index contributed by atoms with van der Waals surface area (Å²) in [5, 5.41) is 0. The molecule has 0 aromatic heterocycles. The number of aryl methyl sites for hydroxylation is 1. The number of rotatable bonds is 2. The maximum Gasteiger partial charge on any atom is 0.345 e. The molecule has 0 saturated carbocycles. The summed E-state index contributed by atoms with van der Waals surface area (Å²) in [6.45, 7) is 3.56. The molecule has 1 aliphatic rings. The molecule has 0 N–H and O–H groups in total. The van der Waals surface area contributed by atoms with E-state index in [2.05, 4.69) is 0 Å². The highest BCUT2D eigenvalue weighted by Gasteiger charge is 2.32. The summed E-state index contributed by atoms with van der Waals surface area (Å²) in [7, 11) is -3.82. The van der Waals surface area contributed by atoms with Crippen LogP contribution in [0.3, 0.4) is 0 Å². The highest BCUT2D eigenvalue weighted by Crippen LogP contribution is 2.31. The van der Waals surface area contributed by atoms with E-state index in [1.54, 1.807) is 61.5 Å². The number of benzene rings is 2. The number of ether oxygens (including phenoxy) is 1. The Hall–Kier alpha value is -2.60. The summed E-state index contributed by atoms with van der Waals surface area (Å²) in [4.78, 5) is 12.4. The molecule has 0 spiro atoms. The van der Waals surface area contributed by atoms with Crippen LogP contribution in [0.2, 0.25) is 0 Å². The summed E-state index contributed by atoms with van der Waals surface area (Å²) in [5.74, 6) is -0.257. The van der Waals surface area contributed by atoms with E-state index in [9.17, 15) is 13.2 Å². The fraction of sp³-hybridized carbons (Fsp3) is 0.167. The first-order valence-electron chi connectivity index (χ1n) is 7.49. The Balaban J connectivity index is 2.18. The van der Waals surface area contributed by atoms with Gasteiger partial charge in [0.15, 0.2) is 0 Å². The van der Waals surface area contributed by atoms with Gasteiger partial charge >= 0.3 is 5.97 Å².